The largest absolute Gasteiger partial charge is 0.349 e. The van der Waals surface area contributed by atoms with E-state index in [-0.39, 0.29) is 24.4 Å². The smallest absolute Gasteiger partial charge is 0.252 e. The summed E-state index contributed by atoms with van der Waals surface area (Å²) in [4.78, 5) is 12.9. The number of fused-ring (bicyclic) bond motifs is 1. The van der Waals surface area contributed by atoms with Crippen molar-refractivity contribution in [3.63, 3.8) is 0 Å². The third-order valence-electron chi connectivity index (χ3n) is 6.08. The standard InChI is InChI=1S/C22H28N2O3S2/c1-16(18-11-10-17-6-2-3-7-19(17)14-18)23-22(25)20-8-4-12-24(15-20)29(26,27)21-9-5-13-28-21/h5,9-11,13-14,16,20H,2-4,6-8,12,15H2,1H3,(H,23,25)/t16-,20+/m0/s1. The van der Waals surface area contributed by atoms with E-state index in [4.69, 9.17) is 0 Å². The van der Waals surface area contributed by atoms with Gasteiger partial charge in [0, 0.05) is 13.1 Å². The summed E-state index contributed by atoms with van der Waals surface area (Å²) in [6, 6.07) is 9.83. The maximum absolute atomic E-state index is 12.9. The maximum Gasteiger partial charge on any atom is 0.252 e. The highest BCUT2D eigenvalue weighted by molar-refractivity contribution is 7.91. The lowest BCUT2D eigenvalue weighted by Crippen LogP contribution is -2.45. The predicted octanol–water partition coefficient (Wildman–Crippen LogP) is 3.91. The third kappa shape index (κ3) is 4.42. The molecule has 1 aromatic carbocycles. The van der Waals surface area contributed by atoms with Crippen LogP contribution in [-0.2, 0) is 27.7 Å². The highest BCUT2D eigenvalue weighted by Crippen LogP contribution is 2.28. The van der Waals surface area contributed by atoms with Crippen LogP contribution in [0, 0.1) is 5.92 Å². The monoisotopic (exact) mass is 432 g/mol. The van der Waals surface area contributed by atoms with Gasteiger partial charge in [0.15, 0.2) is 0 Å². The first-order valence-electron chi connectivity index (χ1n) is 10.4. The Kier molecular flexibility index (Phi) is 6.08. The van der Waals surface area contributed by atoms with Crippen molar-refractivity contribution < 1.29 is 13.2 Å². The van der Waals surface area contributed by atoms with Crippen molar-refractivity contribution in [3.8, 4) is 0 Å². The second-order valence-electron chi connectivity index (χ2n) is 8.10. The molecule has 156 valence electrons. The van der Waals surface area contributed by atoms with Crippen LogP contribution in [-0.4, -0.2) is 31.7 Å². The summed E-state index contributed by atoms with van der Waals surface area (Å²) in [6.07, 6.45) is 6.17. The van der Waals surface area contributed by atoms with Gasteiger partial charge in [-0.15, -0.1) is 11.3 Å². The quantitative estimate of drug-likeness (QED) is 0.779. The Morgan fingerprint density at radius 2 is 1.97 bits per heavy atom. The zero-order valence-corrected chi connectivity index (χ0v) is 18.4. The number of carbonyl (C=O) groups is 1. The number of rotatable bonds is 5. The first kappa shape index (κ1) is 20.6. The Morgan fingerprint density at radius 3 is 2.72 bits per heavy atom. The van der Waals surface area contributed by atoms with Crippen molar-refractivity contribution in [2.75, 3.05) is 13.1 Å². The SMILES string of the molecule is C[C@H](NC(=O)[C@@H]1CCCN(S(=O)(=O)c2cccs2)C1)c1ccc2c(c1)CCCC2. The van der Waals surface area contributed by atoms with E-state index in [1.54, 1.807) is 17.5 Å². The summed E-state index contributed by atoms with van der Waals surface area (Å²) in [5, 5.41) is 4.89. The van der Waals surface area contributed by atoms with Crippen molar-refractivity contribution in [1.29, 1.82) is 0 Å². The molecule has 4 rings (SSSR count). The van der Waals surface area contributed by atoms with Crippen LogP contribution in [0.4, 0.5) is 0 Å². The molecule has 0 bridgehead atoms. The van der Waals surface area contributed by atoms with Crippen LogP contribution >= 0.6 is 11.3 Å². The van der Waals surface area contributed by atoms with E-state index < -0.39 is 10.0 Å². The number of thiophene rings is 1. The Labute approximate surface area is 177 Å². The molecule has 0 radical (unpaired) electrons. The number of carbonyl (C=O) groups excluding carboxylic acids is 1. The summed E-state index contributed by atoms with van der Waals surface area (Å²) < 4.78 is 27.4. The predicted molar refractivity (Wildman–Crippen MR) is 115 cm³/mol. The molecule has 2 atom stereocenters. The zero-order valence-electron chi connectivity index (χ0n) is 16.8. The Bertz CT molecular complexity index is 970. The summed E-state index contributed by atoms with van der Waals surface area (Å²) in [5.74, 6) is -0.361. The second kappa shape index (κ2) is 8.58. The minimum Gasteiger partial charge on any atom is -0.349 e. The lowest BCUT2D eigenvalue weighted by Gasteiger charge is -2.31. The molecule has 1 aliphatic carbocycles. The molecular formula is C22H28N2O3S2. The molecule has 1 saturated heterocycles. The van der Waals surface area contributed by atoms with Gasteiger partial charge in [-0.3, -0.25) is 4.79 Å². The molecule has 1 aliphatic heterocycles. The van der Waals surface area contributed by atoms with Crippen LogP contribution in [0.15, 0.2) is 39.9 Å². The average Bonchev–Trinajstić information content (AvgIpc) is 3.29. The Morgan fingerprint density at radius 1 is 1.17 bits per heavy atom. The number of piperidine rings is 1. The maximum atomic E-state index is 12.9. The fourth-order valence-electron chi connectivity index (χ4n) is 4.35. The van der Waals surface area contributed by atoms with E-state index in [9.17, 15) is 13.2 Å². The van der Waals surface area contributed by atoms with Gasteiger partial charge in [-0.05, 0) is 73.6 Å². The van der Waals surface area contributed by atoms with Gasteiger partial charge in [-0.2, -0.15) is 4.31 Å². The minimum absolute atomic E-state index is 0.0544. The number of hydrogen-bond acceptors (Lipinski definition) is 4. The van der Waals surface area contributed by atoms with Crippen LogP contribution in [0.1, 0.15) is 55.3 Å². The number of amides is 1. The van der Waals surface area contributed by atoms with Crippen molar-refractivity contribution in [1.82, 2.24) is 9.62 Å². The van der Waals surface area contributed by atoms with Crippen LogP contribution in [0.5, 0.6) is 0 Å². The summed E-state index contributed by atoms with van der Waals surface area (Å²) >= 11 is 1.22. The van der Waals surface area contributed by atoms with Crippen molar-refractivity contribution in [3.05, 3.63) is 52.4 Å². The molecule has 2 heterocycles. The first-order chi connectivity index (χ1) is 13.9. The molecule has 7 heteroatoms. The molecule has 5 nitrogen and oxygen atoms in total. The number of benzene rings is 1. The van der Waals surface area contributed by atoms with Gasteiger partial charge in [0.25, 0.3) is 10.0 Å². The average molecular weight is 433 g/mol. The molecule has 1 N–H and O–H groups in total. The van der Waals surface area contributed by atoms with E-state index >= 15 is 0 Å². The molecule has 0 saturated carbocycles. The molecule has 29 heavy (non-hydrogen) atoms. The topological polar surface area (TPSA) is 66.5 Å². The highest BCUT2D eigenvalue weighted by Gasteiger charge is 2.34. The zero-order chi connectivity index (χ0) is 20.4. The number of hydrogen-bond donors (Lipinski definition) is 1. The first-order valence-corrected chi connectivity index (χ1v) is 12.7. The van der Waals surface area contributed by atoms with Crippen LogP contribution in [0.25, 0.3) is 0 Å². The normalized spacial score (nSPS) is 21.3. The molecule has 0 unspecified atom stereocenters. The molecule has 1 aromatic heterocycles. The molecule has 0 spiro atoms. The summed E-state index contributed by atoms with van der Waals surface area (Å²) in [6.45, 7) is 2.73. The number of nitrogens with zero attached hydrogens (tertiary/aromatic N) is 1. The fourth-order valence-corrected chi connectivity index (χ4v) is 7.02. The minimum atomic E-state index is -3.50. The van der Waals surface area contributed by atoms with Crippen molar-refractivity contribution >= 4 is 27.3 Å². The van der Waals surface area contributed by atoms with Gasteiger partial charge in [0.2, 0.25) is 5.91 Å². The summed E-state index contributed by atoms with van der Waals surface area (Å²) in [5.41, 5.74) is 3.96. The van der Waals surface area contributed by atoms with E-state index in [0.29, 0.717) is 17.2 Å². The Balaban J connectivity index is 1.41. The molecule has 1 fully saturated rings. The Hall–Kier alpha value is -1.70. The van der Waals surface area contributed by atoms with Gasteiger partial charge in [-0.25, -0.2) is 8.42 Å². The van der Waals surface area contributed by atoms with Crippen LogP contribution in [0.3, 0.4) is 0 Å². The van der Waals surface area contributed by atoms with E-state index in [1.165, 1.54) is 39.6 Å². The molecule has 2 aromatic rings. The van der Waals surface area contributed by atoms with Crippen LogP contribution in [0.2, 0.25) is 0 Å². The molecule has 1 amide bonds. The van der Waals surface area contributed by atoms with Gasteiger partial charge in [0.05, 0.1) is 12.0 Å². The summed E-state index contributed by atoms with van der Waals surface area (Å²) in [7, 11) is -3.50. The third-order valence-corrected chi connectivity index (χ3v) is 9.31. The number of sulfonamides is 1. The molecule has 2 aliphatic rings. The van der Waals surface area contributed by atoms with E-state index in [2.05, 4.69) is 23.5 Å². The van der Waals surface area contributed by atoms with Gasteiger partial charge in [-0.1, -0.05) is 24.3 Å². The molecular weight excluding hydrogens is 404 g/mol. The number of aryl methyl sites for hydroxylation is 2. The van der Waals surface area contributed by atoms with Gasteiger partial charge < -0.3 is 5.32 Å². The lowest BCUT2D eigenvalue weighted by molar-refractivity contribution is -0.126. The van der Waals surface area contributed by atoms with Crippen LogP contribution < -0.4 is 5.32 Å². The van der Waals surface area contributed by atoms with Crippen molar-refractivity contribution in [2.45, 2.75) is 55.7 Å². The van der Waals surface area contributed by atoms with E-state index in [1.807, 2.05) is 6.92 Å². The number of nitrogens with one attached hydrogen (secondary N) is 1. The van der Waals surface area contributed by atoms with E-state index in [0.717, 1.165) is 24.8 Å². The highest BCUT2D eigenvalue weighted by atomic mass is 32.2. The van der Waals surface area contributed by atoms with Gasteiger partial charge in [0.1, 0.15) is 4.21 Å². The van der Waals surface area contributed by atoms with Gasteiger partial charge >= 0.3 is 0 Å². The van der Waals surface area contributed by atoms with Crippen molar-refractivity contribution in [2.24, 2.45) is 5.92 Å². The lowest BCUT2D eigenvalue weighted by atomic mass is 9.89. The second-order valence-corrected chi connectivity index (χ2v) is 11.2. The fraction of sp³-hybridized carbons (Fsp3) is 0.500.